The third-order valence-electron chi connectivity index (χ3n) is 11.3. The molecule has 0 bridgehead atoms. The molecular formula is C53H32N2S3. The van der Waals surface area contributed by atoms with E-state index in [0.717, 1.165) is 21.9 Å². The smallest absolute Gasteiger partial charge is 0.124 e. The molecule has 0 saturated carbocycles. The molecule has 0 aliphatic heterocycles. The summed E-state index contributed by atoms with van der Waals surface area (Å²) in [5, 5.41) is 8.79. The molecule has 0 unspecified atom stereocenters. The predicted octanol–water partition coefficient (Wildman–Crippen LogP) is 16.7. The van der Waals surface area contributed by atoms with E-state index in [9.17, 15) is 0 Å². The van der Waals surface area contributed by atoms with Gasteiger partial charge >= 0.3 is 0 Å². The van der Waals surface area contributed by atoms with E-state index in [0.29, 0.717) is 0 Å². The van der Waals surface area contributed by atoms with Crippen molar-refractivity contribution in [3.63, 3.8) is 0 Å². The summed E-state index contributed by atoms with van der Waals surface area (Å²) in [7, 11) is 0. The number of fused-ring (bicyclic) bond motifs is 9. The van der Waals surface area contributed by atoms with Crippen LogP contribution in [0.4, 0.5) is 17.1 Å². The van der Waals surface area contributed by atoms with Crippen molar-refractivity contribution in [3.05, 3.63) is 194 Å². The second kappa shape index (κ2) is 13.5. The molecule has 0 saturated heterocycles. The summed E-state index contributed by atoms with van der Waals surface area (Å²) in [5.74, 6) is 0. The van der Waals surface area contributed by atoms with Gasteiger partial charge in [0.15, 0.2) is 0 Å². The molecule has 12 aromatic rings. The Hall–Kier alpha value is -6.63. The van der Waals surface area contributed by atoms with E-state index < -0.39 is 0 Å². The summed E-state index contributed by atoms with van der Waals surface area (Å²) in [6.07, 6.45) is 0. The fraction of sp³-hybridized carbons (Fsp3) is 0. The van der Waals surface area contributed by atoms with Gasteiger partial charge in [0.25, 0.3) is 0 Å². The number of benzene rings is 9. The topological polar surface area (TPSA) is 16.1 Å². The number of thiazole rings is 1. The minimum absolute atomic E-state index is 1.06. The number of hydrogen-bond donors (Lipinski definition) is 0. The summed E-state index contributed by atoms with van der Waals surface area (Å²) in [5.41, 5.74) is 10.5. The molecule has 2 nitrogen and oxygen atoms in total. The molecule has 0 N–H and O–H groups in total. The van der Waals surface area contributed by atoms with E-state index >= 15 is 0 Å². The third-order valence-corrected chi connectivity index (χ3v) is 14.8. The molecule has 0 spiro atoms. The fourth-order valence-corrected chi connectivity index (χ4v) is 12.1. The second-order valence-electron chi connectivity index (χ2n) is 14.7. The van der Waals surface area contributed by atoms with Gasteiger partial charge in [-0.05, 0) is 87.6 Å². The van der Waals surface area contributed by atoms with Crippen LogP contribution >= 0.6 is 34.0 Å². The Labute approximate surface area is 347 Å². The maximum absolute atomic E-state index is 5.03. The van der Waals surface area contributed by atoms with E-state index in [4.69, 9.17) is 4.98 Å². The Balaban J connectivity index is 0.949. The molecule has 0 aliphatic carbocycles. The standard InChI is InChI=1S/C53H32N2S3/c1-2-11-36(12-3-1)53-54-45-30-31-48-50(52(45)58-53)44-29-24-37(32-49(44)56-48)33-20-25-38(26-21-33)55(46-18-9-17-43-42-15-6-7-19-47(42)57-51(43)46)39-27-22-35(23-28-39)41-16-8-13-34-10-4-5-14-40(34)41/h1-32H. The van der Waals surface area contributed by atoms with Crippen molar-refractivity contribution in [1.29, 1.82) is 0 Å². The van der Waals surface area contributed by atoms with Gasteiger partial charge in [-0.3, -0.25) is 0 Å². The van der Waals surface area contributed by atoms with E-state index in [1.165, 1.54) is 89.3 Å². The van der Waals surface area contributed by atoms with Crippen LogP contribution in [0.2, 0.25) is 0 Å². The lowest BCUT2D eigenvalue weighted by molar-refractivity contribution is 1.30. The SMILES string of the molecule is c1ccc(-c2nc3ccc4sc5cc(-c6ccc(N(c7ccc(-c8cccc9ccccc89)cc7)c7cccc8c7sc7ccccc78)cc6)ccc5c4c3s2)cc1. The van der Waals surface area contributed by atoms with Crippen LogP contribution in [0.3, 0.4) is 0 Å². The van der Waals surface area contributed by atoms with Gasteiger partial charge in [-0.2, -0.15) is 0 Å². The summed E-state index contributed by atoms with van der Waals surface area (Å²) in [6, 6.07) is 70.8. The number of nitrogens with zero attached hydrogens (tertiary/aromatic N) is 2. The number of hydrogen-bond acceptors (Lipinski definition) is 5. The molecule has 12 rings (SSSR count). The zero-order valence-corrected chi connectivity index (χ0v) is 33.5. The minimum Gasteiger partial charge on any atom is -0.309 e. The van der Waals surface area contributed by atoms with Gasteiger partial charge in [0.2, 0.25) is 0 Å². The van der Waals surface area contributed by atoms with Crippen molar-refractivity contribution in [2.75, 3.05) is 4.90 Å². The van der Waals surface area contributed by atoms with Gasteiger partial charge < -0.3 is 4.90 Å². The average molecular weight is 793 g/mol. The summed E-state index contributed by atoms with van der Waals surface area (Å²) in [4.78, 5) is 7.45. The van der Waals surface area contributed by atoms with Gasteiger partial charge in [-0.25, -0.2) is 4.98 Å². The first kappa shape index (κ1) is 33.5. The summed E-state index contributed by atoms with van der Waals surface area (Å²) in [6.45, 7) is 0. The van der Waals surface area contributed by atoms with Crippen LogP contribution in [0.15, 0.2) is 194 Å². The molecule has 3 aromatic heterocycles. The number of thiophene rings is 2. The molecule has 5 heteroatoms. The Morgan fingerprint density at radius 3 is 1.91 bits per heavy atom. The maximum atomic E-state index is 5.03. The second-order valence-corrected chi connectivity index (χ2v) is 17.8. The van der Waals surface area contributed by atoms with Crippen LogP contribution in [0.5, 0.6) is 0 Å². The molecule has 9 aromatic carbocycles. The molecular weight excluding hydrogens is 761 g/mol. The molecule has 58 heavy (non-hydrogen) atoms. The Kier molecular flexibility index (Phi) is 7.80. The number of rotatable bonds is 6. The van der Waals surface area contributed by atoms with Crippen molar-refractivity contribution in [2.24, 2.45) is 0 Å². The first-order chi connectivity index (χ1) is 28.7. The fourth-order valence-electron chi connectivity index (χ4n) is 8.54. The lowest BCUT2D eigenvalue weighted by Gasteiger charge is -2.26. The van der Waals surface area contributed by atoms with Gasteiger partial charge in [0.05, 0.1) is 20.6 Å². The average Bonchev–Trinajstić information content (AvgIpc) is 4.01. The molecule has 0 aliphatic rings. The first-order valence-corrected chi connectivity index (χ1v) is 21.9. The predicted molar refractivity (Wildman–Crippen MR) is 254 cm³/mol. The Morgan fingerprint density at radius 1 is 0.379 bits per heavy atom. The highest BCUT2D eigenvalue weighted by atomic mass is 32.1. The van der Waals surface area contributed by atoms with Crippen LogP contribution in [0.1, 0.15) is 0 Å². The molecule has 3 heterocycles. The van der Waals surface area contributed by atoms with Crippen LogP contribution in [0.25, 0.3) is 94.2 Å². The van der Waals surface area contributed by atoms with Crippen molar-refractivity contribution < 1.29 is 0 Å². The summed E-state index contributed by atoms with van der Waals surface area (Å²) >= 11 is 5.53. The first-order valence-electron chi connectivity index (χ1n) is 19.4. The molecule has 0 fully saturated rings. The van der Waals surface area contributed by atoms with E-state index in [2.05, 4.69) is 199 Å². The van der Waals surface area contributed by atoms with Crippen molar-refractivity contribution in [2.45, 2.75) is 0 Å². The van der Waals surface area contributed by atoms with E-state index in [1.54, 1.807) is 11.3 Å². The van der Waals surface area contributed by atoms with Gasteiger partial charge in [-0.1, -0.05) is 140 Å². The number of anilines is 3. The Morgan fingerprint density at radius 2 is 1.07 bits per heavy atom. The normalized spacial score (nSPS) is 11.8. The van der Waals surface area contributed by atoms with Crippen LogP contribution in [-0.2, 0) is 0 Å². The zero-order valence-electron chi connectivity index (χ0n) is 31.1. The van der Waals surface area contributed by atoms with Crippen molar-refractivity contribution >= 4 is 112 Å². The molecule has 0 radical (unpaired) electrons. The van der Waals surface area contributed by atoms with Gasteiger partial charge in [-0.15, -0.1) is 34.0 Å². The highest BCUT2D eigenvalue weighted by Crippen LogP contribution is 2.47. The molecule has 272 valence electrons. The minimum atomic E-state index is 1.06. The van der Waals surface area contributed by atoms with Gasteiger partial charge in [0, 0.05) is 52.6 Å². The van der Waals surface area contributed by atoms with Gasteiger partial charge in [0.1, 0.15) is 5.01 Å². The van der Waals surface area contributed by atoms with Crippen LogP contribution in [0, 0.1) is 0 Å². The number of aromatic nitrogens is 1. The lowest BCUT2D eigenvalue weighted by atomic mass is 9.98. The highest BCUT2D eigenvalue weighted by Gasteiger charge is 2.19. The van der Waals surface area contributed by atoms with Crippen LogP contribution < -0.4 is 4.90 Å². The Bertz CT molecular complexity index is 3500. The quantitative estimate of drug-likeness (QED) is 0.167. The zero-order chi connectivity index (χ0) is 38.2. The van der Waals surface area contributed by atoms with Crippen LogP contribution in [-0.4, -0.2) is 4.98 Å². The van der Waals surface area contributed by atoms with E-state index in [1.807, 2.05) is 22.7 Å². The summed E-state index contributed by atoms with van der Waals surface area (Å²) < 4.78 is 6.44. The largest absolute Gasteiger partial charge is 0.309 e. The molecule has 0 atom stereocenters. The maximum Gasteiger partial charge on any atom is 0.124 e. The van der Waals surface area contributed by atoms with E-state index in [-0.39, 0.29) is 0 Å². The monoisotopic (exact) mass is 792 g/mol. The molecule has 0 amide bonds. The lowest BCUT2D eigenvalue weighted by Crippen LogP contribution is -2.10. The highest BCUT2D eigenvalue weighted by molar-refractivity contribution is 7.28. The van der Waals surface area contributed by atoms with Crippen molar-refractivity contribution in [1.82, 2.24) is 4.98 Å². The van der Waals surface area contributed by atoms with Crippen molar-refractivity contribution in [3.8, 4) is 32.8 Å². The third kappa shape index (κ3) is 5.47.